The summed E-state index contributed by atoms with van der Waals surface area (Å²) >= 11 is 0. The Bertz CT molecular complexity index is 922. The Hall–Kier alpha value is -3.35. The molecule has 5 nitrogen and oxygen atoms in total. The lowest BCUT2D eigenvalue weighted by atomic mass is 10.0. The van der Waals surface area contributed by atoms with Crippen LogP contribution in [-0.2, 0) is 6.42 Å². The second kappa shape index (κ2) is 6.87. The first-order valence-corrected chi connectivity index (χ1v) is 7.71. The first-order valence-electron chi connectivity index (χ1n) is 7.71. The second-order valence-corrected chi connectivity index (χ2v) is 5.78. The van der Waals surface area contributed by atoms with Crippen LogP contribution in [0.2, 0.25) is 0 Å². The number of aromatic nitrogens is 1. The molecule has 0 unspecified atom stereocenters. The van der Waals surface area contributed by atoms with Crippen LogP contribution < -0.4 is 4.84 Å². The molecule has 0 saturated carbocycles. The lowest BCUT2D eigenvalue weighted by Crippen LogP contribution is -2.19. The molecule has 2 aromatic carbocycles. The van der Waals surface area contributed by atoms with Crippen molar-refractivity contribution in [1.29, 1.82) is 0 Å². The number of aromatic hydroxyl groups is 2. The predicted octanol–water partition coefficient (Wildman–Crippen LogP) is 3.35. The highest BCUT2D eigenvalue weighted by atomic mass is 19.1. The molecule has 0 bridgehead atoms. The number of carbonyl (C=O) groups is 1. The minimum absolute atomic E-state index is 0.0247. The summed E-state index contributed by atoms with van der Waals surface area (Å²) in [5, 5.41) is 18.9. The standard InChI is InChI=1S/C19H15F2NO4/c1-11-15(20)9-13(10-16(11)21)8-12-2-4-14(5-3-12)19(25)26-22-17(23)6-7-18(22)24/h2-7,9-10,23-24H,8H2,1H3. The van der Waals surface area contributed by atoms with Gasteiger partial charge in [0, 0.05) is 17.7 Å². The van der Waals surface area contributed by atoms with Gasteiger partial charge in [-0.2, -0.15) is 0 Å². The first kappa shape index (κ1) is 17.5. The van der Waals surface area contributed by atoms with E-state index in [9.17, 15) is 23.8 Å². The normalized spacial score (nSPS) is 10.7. The Morgan fingerprint density at radius 2 is 1.50 bits per heavy atom. The Kier molecular flexibility index (Phi) is 4.62. The van der Waals surface area contributed by atoms with Crippen molar-refractivity contribution in [1.82, 2.24) is 4.73 Å². The number of rotatable bonds is 4. The quantitative estimate of drug-likeness (QED) is 0.749. The summed E-state index contributed by atoms with van der Waals surface area (Å²) in [7, 11) is 0. The van der Waals surface area contributed by atoms with Gasteiger partial charge in [0.05, 0.1) is 5.56 Å². The highest BCUT2D eigenvalue weighted by molar-refractivity contribution is 5.89. The molecule has 0 aliphatic rings. The van der Waals surface area contributed by atoms with Gasteiger partial charge in [-0.15, -0.1) is 4.73 Å². The van der Waals surface area contributed by atoms with Gasteiger partial charge in [0.1, 0.15) is 11.6 Å². The Labute approximate surface area is 147 Å². The van der Waals surface area contributed by atoms with Crippen molar-refractivity contribution in [2.75, 3.05) is 0 Å². The molecule has 0 radical (unpaired) electrons. The molecule has 0 aliphatic carbocycles. The number of halogens is 2. The number of benzene rings is 2. The average molecular weight is 359 g/mol. The molecule has 7 heteroatoms. The van der Waals surface area contributed by atoms with Gasteiger partial charge >= 0.3 is 5.97 Å². The van der Waals surface area contributed by atoms with Crippen LogP contribution in [-0.4, -0.2) is 20.9 Å². The molecule has 3 rings (SSSR count). The summed E-state index contributed by atoms with van der Waals surface area (Å²) in [6, 6.07) is 11.1. The molecule has 3 aromatic rings. The number of hydrogen-bond donors (Lipinski definition) is 2. The highest BCUT2D eigenvalue weighted by Crippen LogP contribution is 2.20. The van der Waals surface area contributed by atoms with E-state index in [1.807, 2.05) is 0 Å². The van der Waals surface area contributed by atoms with Crippen molar-refractivity contribution in [3.05, 3.63) is 82.4 Å². The molecule has 1 aromatic heterocycles. The van der Waals surface area contributed by atoms with Gasteiger partial charge in [0.2, 0.25) is 11.8 Å². The van der Waals surface area contributed by atoms with Crippen molar-refractivity contribution in [2.45, 2.75) is 13.3 Å². The molecule has 0 fully saturated rings. The molecule has 26 heavy (non-hydrogen) atoms. The van der Waals surface area contributed by atoms with Crippen LogP contribution in [0.4, 0.5) is 8.78 Å². The van der Waals surface area contributed by atoms with Crippen LogP contribution in [0.1, 0.15) is 27.0 Å². The van der Waals surface area contributed by atoms with E-state index in [0.717, 1.165) is 5.56 Å². The minimum Gasteiger partial charge on any atom is -0.492 e. The molecule has 0 atom stereocenters. The third-order valence-electron chi connectivity index (χ3n) is 3.91. The average Bonchev–Trinajstić information content (AvgIpc) is 2.92. The third kappa shape index (κ3) is 3.51. The Morgan fingerprint density at radius 3 is 2.04 bits per heavy atom. The molecule has 0 amide bonds. The van der Waals surface area contributed by atoms with Gasteiger partial charge in [-0.25, -0.2) is 13.6 Å². The van der Waals surface area contributed by atoms with Gasteiger partial charge in [-0.1, -0.05) is 12.1 Å². The van der Waals surface area contributed by atoms with Crippen molar-refractivity contribution in [2.24, 2.45) is 0 Å². The summed E-state index contributed by atoms with van der Waals surface area (Å²) in [5.41, 5.74) is 1.38. The first-order chi connectivity index (χ1) is 12.3. The third-order valence-corrected chi connectivity index (χ3v) is 3.91. The lowest BCUT2D eigenvalue weighted by molar-refractivity contribution is 0.0381. The van der Waals surface area contributed by atoms with Crippen LogP contribution in [0.15, 0.2) is 48.5 Å². The van der Waals surface area contributed by atoms with Crippen LogP contribution in [0.25, 0.3) is 0 Å². The van der Waals surface area contributed by atoms with Crippen LogP contribution in [0.5, 0.6) is 11.8 Å². The second-order valence-electron chi connectivity index (χ2n) is 5.78. The van der Waals surface area contributed by atoms with Crippen molar-refractivity contribution in [3.8, 4) is 11.8 Å². The summed E-state index contributed by atoms with van der Waals surface area (Å²) in [5.74, 6) is -2.84. The highest BCUT2D eigenvalue weighted by Gasteiger charge is 2.14. The summed E-state index contributed by atoms with van der Waals surface area (Å²) in [6.07, 6.45) is 0.294. The molecule has 0 saturated heterocycles. The van der Waals surface area contributed by atoms with Crippen molar-refractivity contribution >= 4 is 5.97 Å². The van der Waals surface area contributed by atoms with Gasteiger partial charge < -0.3 is 15.1 Å². The molecular formula is C19H15F2NO4. The van der Waals surface area contributed by atoms with Crippen LogP contribution in [0, 0.1) is 18.6 Å². The monoisotopic (exact) mass is 359 g/mol. The number of carbonyl (C=O) groups excluding carboxylic acids is 1. The maximum absolute atomic E-state index is 13.6. The number of nitrogens with zero attached hydrogens (tertiary/aromatic N) is 1. The largest absolute Gasteiger partial charge is 0.492 e. The summed E-state index contributed by atoms with van der Waals surface area (Å²) in [4.78, 5) is 16.9. The zero-order valence-electron chi connectivity index (χ0n) is 13.7. The number of hydrogen-bond acceptors (Lipinski definition) is 4. The maximum Gasteiger partial charge on any atom is 0.363 e. The van der Waals surface area contributed by atoms with Gasteiger partial charge in [0.15, 0.2) is 0 Å². The van der Waals surface area contributed by atoms with Gasteiger partial charge in [0.25, 0.3) is 0 Å². The molecular weight excluding hydrogens is 344 g/mol. The van der Waals surface area contributed by atoms with E-state index in [-0.39, 0.29) is 11.1 Å². The minimum atomic E-state index is -0.786. The molecule has 0 spiro atoms. The smallest absolute Gasteiger partial charge is 0.363 e. The van der Waals surface area contributed by atoms with Gasteiger partial charge in [-0.3, -0.25) is 0 Å². The fourth-order valence-electron chi connectivity index (χ4n) is 2.43. The maximum atomic E-state index is 13.6. The van der Waals surface area contributed by atoms with Gasteiger partial charge in [-0.05, 0) is 48.7 Å². The van der Waals surface area contributed by atoms with E-state index in [0.29, 0.717) is 16.7 Å². The summed E-state index contributed by atoms with van der Waals surface area (Å²) in [6.45, 7) is 1.37. The zero-order valence-corrected chi connectivity index (χ0v) is 13.7. The van der Waals surface area contributed by atoms with Crippen LogP contribution >= 0.6 is 0 Å². The van der Waals surface area contributed by atoms with Crippen molar-refractivity contribution < 1.29 is 28.6 Å². The van der Waals surface area contributed by atoms with E-state index in [1.54, 1.807) is 12.1 Å². The summed E-state index contributed by atoms with van der Waals surface area (Å²) < 4.78 is 27.8. The predicted molar refractivity (Wildman–Crippen MR) is 89.0 cm³/mol. The van der Waals surface area contributed by atoms with E-state index in [1.165, 1.54) is 43.3 Å². The Balaban J connectivity index is 1.73. The van der Waals surface area contributed by atoms with E-state index in [2.05, 4.69) is 0 Å². The SMILES string of the molecule is Cc1c(F)cc(Cc2ccc(C(=O)On3c(O)ccc3O)cc2)cc1F. The molecule has 0 aliphatic heterocycles. The molecule has 1 heterocycles. The van der Waals surface area contributed by atoms with Crippen LogP contribution in [0.3, 0.4) is 0 Å². The zero-order chi connectivity index (χ0) is 18.8. The Morgan fingerprint density at radius 1 is 0.962 bits per heavy atom. The molecule has 134 valence electrons. The van der Waals surface area contributed by atoms with E-state index < -0.39 is 29.4 Å². The molecule has 2 N–H and O–H groups in total. The lowest BCUT2D eigenvalue weighted by Gasteiger charge is -2.08. The topological polar surface area (TPSA) is 71.7 Å². The van der Waals surface area contributed by atoms with Crippen molar-refractivity contribution in [3.63, 3.8) is 0 Å². The van der Waals surface area contributed by atoms with E-state index in [4.69, 9.17) is 4.84 Å². The van der Waals surface area contributed by atoms with E-state index >= 15 is 0 Å². The fourth-order valence-corrected chi connectivity index (χ4v) is 2.43. The fraction of sp³-hybridized carbons (Fsp3) is 0.105.